The van der Waals surface area contributed by atoms with Gasteiger partial charge in [0.15, 0.2) is 5.82 Å². The van der Waals surface area contributed by atoms with Gasteiger partial charge in [0.05, 0.1) is 19.2 Å². The van der Waals surface area contributed by atoms with E-state index in [-0.39, 0.29) is 5.91 Å². The van der Waals surface area contributed by atoms with Crippen LogP contribution in [0.4, 0.5) is 0 Å². The van der Waals surface area contributed by atoms with Crippen LogP contribution in [0.15, 0.2) is 85.1 Å². The number of rotatable bonds is 10. The first-order valence-corrected chi connectivity index (χ1v) is 13.1. The molecule has 200 valence electrons. The van der Waals surface area contributed by atoms with Gasteiger partial charge < -0.3 is 25.3 Å². The molecule has 39 heavy (non-hydrogen) atoms. The zero-order chi connectivity index (χ0) is 27.4. The van der Waals surface area contributed by atoms with Gasteiger partial charge in [-0.2, -0.15) is 0 Å². The summed E-state index contributed by atoms with van der Waals surface area (Å²) in [6.45, 7) is 3.93. The van der Waals surface area contributed by atoms with Crippen molar-refractivity contribution in [1.82, 2.24) is 25.1 Å². The summed E-state index contributed by atoms with van der Waals surface area (Å²) in [5.74, 6) is 2.01. The number of nitrogens with zero attached hydrogens (tertiary/aromatic N) is 3. The quantitative estimate of drug-likeness (QED) is 0.249. The molecule has 0 fully saturated rings. The summed E-state index contributed by atoms with van der Waals surface area (Å²) in [7, 11) is 1.65. The molecule has 1 amide bonds. The first kappa shape index (κ1) is 26.2. The van der Waals surface area contributed by atoms with Gasteiger partial charge >= 0.3 is 0 Å². The average Bonchev–Trinajstić information content (AvgIpc) is 3.55. The minimum Gasteiger partial charge on any atom is -0.497 e. The number of amides is 1. The fraction of sp³-hybridized carbons (Fsp3) is 0.258. The van der Waals surface area contributed by atoms with Crippen LogP contribution in [0.2, 0.25) is 0 Å². The maximum Gasteiger partial charge on any atom is 0.240 e. The van der Waals surface area contributed by atoms with Gasteiger partial charge in [0.1, 0.15) is 17.6 Å². The lowest BCUT2D eigenvalue weighted by Gasteiger charge is -2.25. The van der Waals surface area contributed by atoms with Crippen molar-refractivity contribution in [3.63, 3.8) is 0 Å². The molecule has 8 heteroatoms. The molecule has 0 saturated carbocycles. The number of carbonyl (C=O) groups excluding carboxylic acids is 1. The number of nitrogens with one attached hydrogen (secondary N) is 2. The highest BCUT2D eigenvalue weighted by atomic mass is 16.5. The fourth-order valence-electron chi connectivity index (χ4n) is 4.67. The summed E-state index contributed by atoms with van der Waals surface area (Å²) in [5.41, 5.74) is 9.31. The fourth-order valence-corrected chi connectivity index (χ4v) is 4.67. The standard InChI is InChI=1S/C31H34N6O2/c1-31(2,32)30(38)34-28(25-19-33-26-12-8-7-11-24(25)26)29-36-35-27(18-15-21-9-5-4-6-10-21)37(29)20-22-13-16-23(39-3)17-14-22/h4-14,16-17,19,28,33H,15,18,20,32H2,1-3H3,(H,34,38)/t28-/m1/s1. The van der Waals surface area contributed by atoms with Crippen LogP contribution in [0.5, 0.6) is 5.75 Å². The van der Waals surface area contributed by atoms with Crippen LogP contribution in [-0.2, 0) is 24.2 Å². The molecule has 8 nitrogen and oxygen atoms in total. The molecule has 2 heterocycles. The van der Waals surface area contributed by atoms with Gasteiger partial charge in [-0.1, -0.05) is 60.7 Å². The molecule has 1 atom stereocenters. The van der Waals surface area contributed by atoms with Gasteiger partial charge in [0, 0.05) is 29.1 Å². The van der Waals surface area contributed by atoms with E-state index in [1.807, 2.05) is 72.9 Å². The highest BCUT2D eigenvalue weighted by molar-refractivity contribution is 5.88. The molecule has 0 radical (unpaired) electrons. The summed E-state index contributed by atoms with van der Waals surface area (Å²) in [5, 5.41) is 13.5. The van der Waals surface area contributed by atoms with E-state index in [1.165, 1.54) is 5.56 Å². The predicted octanol–water partition coefficient (Wildman–Crippen LogP) is 4.54. The van der Waals surface area contributed by atoms with Crippen molar-refractivity contribution < 1.29 is 9.53 Å². The van der Waals surface area contributed by atoms with Crippen molar-refractivity contribution in [2.45, 2.75) is 44.8 Å². The second-order valence-electron chi connectivity index (χ2n) is 10.3. The number of nitrogens with two attached hydrogens (primary N) is 1. The number of hydrogen-bond acceptors (Lipinski definition) is 5. The Hall–Kier alpha value is -4.43. The topological polar surface area (TPSA) is 111 Å². The third-order valence-electron chi connectivity index (χ3n) is 6.89. The Bertz CT molecular complexity index is 1550. The van der Waals surface area contributed by atoms with E-state index in [0.29, 0.717) is 18.8 Å². The SMILES string of the molecule is COc1ccc(Cn2c(CCc3ccccc3)nnc2[C@H](NC(=O)C(C)(C)N)c2c[nH]c3ccccc23)cc1. The molecule has 0 unspecified atom stereocenters. The number of methoxy groups -OCH3 is 1. The van der Waals surface area contributed by atoms with Crippen LogP contribution in [-0.4, -0.2) is 38.3 Å². The lowest BCUT2D eigenvalue weighted by atomic mass is 10.0. The number of aromatic nitrogens is 4. The van der Waals surface area contributed by atoms with Gasteiger partial charge in [-0.15, -0.1) is 10.2 Å². The molecule has 5 aromatic rings. The minimum atomic E-state index is -1.07. The molecule has 0 bridgehead atoms. The largest absolute Gasteiger partial charge is 0.497 e. The van der Waals surface area contributed by atoms with Crippen molar-refractivity contribution in [3.05, 3.63) is 113 Å². The number of fused-ring (bicyclic) bond motifs is 1. The van der Waals surface area contributed by atoms with Gasteiger partial charge in [-0.25, -0.2) is 0 Å². The number of hydrogen-bond donors (Lipinski definition) is 3. The molecule has 0 aliphatic carbocycles. The zero-order valence-corrected chi connectivity index (χ0v) is 22.5. The molecule has 5 rings (SSSR count). The first-order valence-electron chi connectivity index (χ1n) is 13.1. The Morgan fingerprint density at radius 2 is 1.69 bits per heavy atom. The molecule has 0 saturated heterocycles. The zero-order valence-electron chi connectivity index (χ0n) is 22.5. The van der Waals surface area contributed by atoms with Crippen LogP contribution in [0.1, 0.15) is 48.2 Å². The van der Waals surface area contributed by atoms with E-state index < -0.39 is 11.6 Å². The smallest absolute Gasteiger partial charge is 0.240 e. The van der Waals surface area contributed by atoms with E-state index in [4.69, 9.17) is 10.5 Å². The molecular formula is C31H34N6O2. The van der Waals surface area contributed by atoms with Crippen molar-refractivity contribution in [3.8, 4) is 5.75 Å². The van der Waals surface area contributed by atoms with E-state index in [2.05, 4.69) is 37.2 Å². The Morgan fingerprint density at radius 3 is 2.41 bits per heavy atom. The summed E-state index contributed by atoms with van der Waals surface area (Å²) in [6.07, 6.45) is 3.45. The van der Waals surface area contributed by atoms with Gasteiger partial charge in [0.25, 0.3) is 0 Å². The highest BCUT2D eigenvalue weighted by Gasteiger charge is 2.31. The summed E-state index contributed by atoms with van der Waals surface area (Å²) >= 11 is 0. The Kier molecular flexibility index (Phi) is 7.47. The highest BCUT2D eigenvalue weighted by Crippen LogP contribution is 2.30. The van der Waals surface area contributed by atoms with Gasteiger partial charge in [0.2, 0.25) is 5.91 Å². The third-order valence-corrected chi connectivity index (χ3v) is 6.89. The third kappa shape index (κ3) is 5.86. The van der Waals surface area contributed by atoms with Crippen molar-refractivity contribution in [2.24, 2.45) is 5.73 Å². The molecule has 0 aliphatic rings. The van der Waals surface area contributed by atoms with Crippen LogP contribution in [0, 0.1) is 0 Å². The number of para-hydroxylation sites is 1. The number of H-pyrrole nitrogens is 1. The summed E-state index contributed by atoms with van der Waals surface area (Å²) in [6, 6.07) is 25.7. The van der Waals surface area contributed by atoms with Gasteiger partial charge in [-0.05, 0) is 49.6 Å². The molecular weight excluding hydrogens is 488 g/mol. The Balaban J connectivity index is 1.59. The number of benzene rings is 3. The second-order valence-corrected chi connectivity index (χ2v) is 10.3. The first-order chi connectivity index (χ1) is 18.8. The van der Waals surface area contributed by atoms with Crippen LogP contribution < -0.4 is 15.8 Å². The monoisotopic (exact) mass is 522 g/mol. The van der Waals surface area contributed by atoms with Crippen molar-refractivity contribution in [2.75, 3.05) is 7.11 Å². The Labute approximate surface area is 228 Å². The number of aromatic amines is 1. The maximum absolute atomic E-state index is 13.2. The van der Waals surface area contributed by atoms with E-state index in [1.54, 1.807) is 21.0 Å². The summed E-state index contributed by atoms with van der Waals surface area (Å²) in [4.78, 5) is 16.6. The lowest BCUT2D eigenvalue weighted by Crippen LogP contribution is -2.50. The van der Waals surface area contributed by atoms with Crippen molar-refractivity contribution in [1.29, 1.82) is 0 Å². The molecule has 0 aliphatic heterocycles. The van der Waals surface area contributed by atoms with E-state index >= 15 is 0 Å². The van der Waals surface area contributed by atoms with Crippen LogP contribution in [0.25, 0.3) is 10.9 Å². The molecule has 4 N–H and O–H groups in total. The number of aryl methyl sites for hydroxylation is 2. The normalized spacial score (nSPS) is 12.4. The van der Waals surface area contributed by atoms with Crippen LogP contribution in [0.3, 0.4) is 0 Å². The predicted molar refractivity (Wildman–Crippen MR) is 153 cm³/mol. The maximum atomic E-state index is 13.2. The van der Waals surface area contributed by atoms with E-state index in [9.17, 15) is 4.79 Å². The summed E-state index contributed by atoms with van der Waals surface area (Å²) < 4.78 is 7.46. The van der Waals surface area contributed by atoms with Crippen LogP contribution >= 0.6 is 0 Å². The number of ether oxygens (including phenoxy) is 1. The molecule has 2 aromatic heterocycles. The van der Waals surface area contributed by atoms with Crippen molar-refractivity contribution >= 4 is 16.8 Å². The second kappa shape index (κ2) is 11.1. The lowest BCUT2D eigenvalue weighted by molar-refractivity contribution is -0.125. The molecule has 0 spiro atoms. The Morgan fingerprint density at radius 1 is 0.974 bits per heavy atom. The van der Waals surface area contributed by atoms with Gasteiger partial charge in [-0.3, -0.25) is 4.79 Å². The molecule has 3 aromatic carbocycles. The number of carbonyl (C=O) groups is 1. The average molecular weight is 523 g/mol. The van der Waals surface area contributed by atoms with E-state index in [0.717, 1.165) is 40.0 Å². The minimum absolute atomic E-state index is 0.275.